The summed E-state index contributed by atoms with van der Waals surface area (Å²) in [7, 11) is 0. The van der Waals surface area contributed by atoms with Gasteiger partial charge in [0, 0.05) is 24.4 Å². The van der Waals surface area contributed by atoms with Gasteiger partial charge in [0.2, 0.25) is 5.91 Å². The zero-order valence-electron chi connectivity index (χ0n) is 10.7. The second kappa shape index (κ2) is 5.94. The number of nitrogens with zero attached hydrogens (tertiary/aromatic N) is 2. The van der Waals surface area contributed by atoms with E-state index < -0.39 is 0 Å². The number of amides is 1. The van der Waals surface area contributed by atoms with Gasteiger partial charge in [0.15, 0.2) is 0 Å². The predicted octanol–water partition coefficient (Wildman–Crippen LogP) is 0.663. The number of hydrogen-bond donors (Lipinski definition) is 2. The van der Waals surface area contributed by atoms with Crippen molar-refractivity contribution in [2.24, 2.45) is 0 Å². The molecule has 104 valence electrons. The normalized spacial score (nSPS) is 26.7. The molecule has 2 aliphatic heterocycles. The van der Waals surface area contributed by atoms with Crippen molar-refractivity contribution in [3.05, 3.63) is 12.4 Å². The summed E-state index contributed by atoms with van der Waals surface area (Å²) in [6.45, 7) is 1.61. The first-order valence-corrected chi connectivity index (χ1v) is 7.73. The maximum atomic E-state index is 11.9. The monoisotopic (exact) mass is 282 g/mol. The molecular weight excluding hydrogens is 264 g/mol. The van der Waals surface area contributed by atoms with Crippen molar-refractivity contribution in [3.8, 4) is 0 Å². The highest BCUT2D eigenvalue weighted by molar-refractivity contribution is 7.99. The molecule has 6 nitrogen and oxygen atoms in total. The molecule has 2 saturated heterocycles. The first-order valence-electron chi connectivity index (χ1n) is 6.57. The third-order valence-electron chi connectivity index (χ3n) is 3.35. The minimum absolute atomic E-state index is 0.0154. The average Bonchev–Trinajstić information content (AvgIpc) is 3.10. The van der Waals surface area contributed by atoms with E-state index in [1.54, 1.807) is 18.0 Å². The molecule has 1 aromatic rings. The van der Waals surface area contributed by atoms with Crippen molar-refractivity contribution >= 4 is 23.4 Å². The summed E-state index contributed by atoms with van der Waals surface area (Å²) in [6, 6.07) is -0.0912. The Morgan fingerprint density at radius 2 is 2.63 bits per heavy atom. The number of ether oxygens (including phenoxy) is 1. The Hall–Kier alpha value is -1.05. The van der Waals surface area contributed by atoms with Crippen LogP contribution in [0.2, 0.25) is 0 Å². The van der Waals surface area contributed by atoms with Gasteiger partial charge in [-0.3, -0.25) is 14.8 Å². The van der Waals surface area contributed by atoms with Crippen LogP contribution in [0.4, 0.5) is 5.69 Å². The average molecular weight is 282 g/mol. The number of carbonyl (C=O) groups excluding carboxylic acids is 1. The number of carbonyl (C=O) groups is 1. The van der Waals surface area contributed by atoms with Crippen LogP contribution in [0.5, 0.6) is 0 Å². The fourth-order valence-electron chi connectivity index (χ4n) is 2.32. The largest absolute Gasteiger partial charge is 0.376 e. The Morgan fingerprint density at radius 3 is 3.37 bits per heavy atom. The molecule has 1 amide bonds. The number of anilines is 1. The maximum Gasteiger partial charge on any atom is 0.242 e. The SMILES string of the molecule is O=C(Nc1cnn(CC2CCCO2)c1)C1CSCN1. The summed E-state index contributed by atoms with van der Waals surface area (Å²) in [5.74, 6) is 1.69. The predicted molar refractivity (Wildman–Crippen MR) is 74.1 cm³/mol. The lowest BCUT2D eigenvalue weighted by Crippen LogP contribution is -2.37. The van der Waals surface area contributed by atoms with E-state index in [2.05, 4.69) is 15.7 Å². The molecule has 0 bridgehead atoms. The molecule has 2 aliphatic rings. The van der Waals surface area contributed by atoms with Gasteiger partial charge in [0.05, 0.1) is 30.6 Å². The van der Waals surface area contributed by atoms with Crippen LogP contribution in [0.15, 0.2) is 12.4 Å². The second-order valence-corrected chi connectivity index (χ2v) is 5.88. The van der Waals surface area contributed by atoms with Gasteiger partial charge >= 0.3 is 0 Å². The first-order chi connectivity index (χ1) is 9.31. The quantitative estimate of drug-likeness (QED) is 0.849. The van der Waals surface area contributed by atoms with E-state index in [0.717, 1.165) is 43.3 Å². The number of thioether (sulfide) groups is 1. The smallest absolute Gasteiger partial charge is 0.242 e. The van der Waals surface area contributed by atoms with E-state index in [4.69, 9.17) is 4.74 Å². The van der Waals surface area contributed by atoms with Crippen LogP contribution in [0, 0.1) is 0 Å². The molecule has 0 spiro atoms. The lowest BCUT2D eigenvalue weighted by molar-refractivity contribution is -0.117. The minimum Gasteiger partial charge on any atom is -0.376 e. The van der Waals surface area contributed by atoms with E-state index in [1.807, 2.05) is 10.9 Å². The van der Waals surface area contributed by atoms with Crippen molar-refractivity contribution in [2.75, 3.05) is 23.6 Å². The lowest BCUT2D eigenvalue weighted by atomic mass is 10.2. The van der Waals surface area contributed by atoms with E-state index in [0.29, 0.717) is 0 Å². The molecule has 3 heterocycles. The van der Waals surface area contributed by atoms with Crippen LogP contribution in [0.3, 0.4) is 0 Å². The highest BCUT2D eigenvalue weighted by atomic mass is 32.2. The Labute approximate surface area is 116 Å². The summed E-state index contributed by atoms with van der Waals surface area (Å²) in [6.07, 6.45) is 6.03. The number of aromatic nitrogens is 2. The molecule has 2 fully saturated rings. The van der Waals surface area contributed by atoms with Crippen LogP contribution < -0.4 is 10.6 Å². The van der Waals surface area contributed by atoms with Gasteiger partial charge in [-0.1, -0.05) is 0 Å². The van der Waals surface area contributed by atoms with Crippen LogP contribution in [0.1, 0.15) is 12.8 Å². The number of hydrogen-bond acceptors (Lipinski definition) is 5. The van der Waals surface area contributed by atoms with E-state index in [1.165, 1.54) is 0 Å². The molecular formula is C12H18N4O2S. The second-order valence-electron chi connectivity index (χ2n) is 4.85. The molecule has 3 rings (SSSR count). The van der Waals surface area contributed by atoms with E-state index in [9.17, 15) is 4.79 Å². The van der Waals surface area contributed by atoms with Crippen molar-refractivity contribution < 1.29 is 9.53 Å². The van der Waals surface area contributed by atoms with E-state index in [-0.39, 0.29) is 18.1 Å². The molecule has 19 heavy (non-hydrogen) atoms. The fourth-order valence-corrected chi connectivity index (χ4v) is 3.26. The summed E-state index contributed by atoms with van der Waals surface area (Å²) < 4.78 is 7.40. The van der Waals surface area contributed by atoms with Crippen molar-refractivity contribution in [1.82, 2.24) is 15.1 Å². The highest BCUT2D eigenvalue weighted by Crippen LogP contribution is 2.16. The zero-order valence-corrected chi connectivity index (χ0v) is 11.5. The van der Waals surface area contributed by atoms with Gasteiger partial charge in [-0.2, -0.15) is 5.10 Å². The third kappa shape index (κ3) is 3.29. The minimum atomic E-state index is -0.0912. The summed E-state index contributed by atoms with van der Waals surface area (Å²) in [5, 5.41) is 10.3. The molecule has 2 unspecified atom stereocenters. The zero-order chi connectivity index (χ0) is 13.1. The van der Waals surface area contributed by atoms with Crippen molar-refractivity contribution in [3.63, 3.8) is 0 Å². The number of nitrogens with one attached hydrogen (secondary N) is 2. The molecule has 2 atom stereocenters. The molecule has 0 radical (unpaired) electrons. The topological polar surface area (TPSA) is 68.2 Å². The molecule has 0 saturated carbocycles. The summed E-state index contributed by atoms with van der Waals surface area (Å²) >= 11 is 1.74. The Bertz CT molecular complexity index is 439. The van der Waals surface area contributed by atoms with Gasteiger partial charge in [0.1, 0.15) is 0 Å². The van der Waals surface area contributed by atoms with Gasteiger partial charge in [0.25, 0.3) is 0 Å². The Balaban J connectivity index is 1.53. The molecule has 7 heteroatoms. The van der Waals surface area contributed by atoms with Gasteiger partial charge < -0.3 is 10.1 Å². The van der Waals surface area contributed by atoms with Crippen LogP contribution in [0.25, 0.3) is 0 Å². The highest BCUT2D eigenvalue weighted by Gasteiger charge is 2.23. The first kappa shape index (κ1) is 13.0. The van der Waals surface area contributed by atoms with Crippen LogP contribution >= 0.6 is 11.8 Å². The fraction of sp³-hybridized carbons (Fsp3) is 0.667. The molecule has 2 N–H and O–H groups in total. The Morgan fingerprint density at radius 1 is 1.68 bits per heavy atom. The molecule has 0 aliphatic carbocycles. The van der Waals surface area contributed by atoms with Crippen LogP contribution in [-0.4, -0.2) is 46.1 Å². The molecule has 1 aromatic heterocycles. The van der Waals surface area contributed by atoms with Crippen molar-refractivity contribution in [2.45, 2.75) is 31.5 Å². The summed E-state index contributed by atoms with van der Waals surface area (Å²) in [4.78, 5) is 11.9. The van der Waals surface area contributed by atoms with Crippen molar-refractivity contribution in [1.29, 1.82) is 0 Å². The van der Waals surface area contributed by atoms with Gasteiger partial charge in [-0.15, -0.1) is 11.8 Å². The van der Waals surface area contributed by atoms with E-state index >= 15 is 0 Å². The maximum absolute atomic E-state index is 11.9. The lowest BCUT2D eigenvalue weighted by Gasteiger charge is -2.09. The standard InChI is InChI=1S/C12H18N4O2S/c17-12(11-7-19-8-13-11)15-9-4-14-16(5-9)6-10-2-1-3-18-10/h4-5,10-11,13H,1-3,6-8H2,(H,15,17). The van der Waals surface area contributed by atoms with Crippen LogP contribution in [-0.2, 0) is 16.1 Å². The van der Waals surface area contributed by atoms with Gasteiger partial charge in [-0.25, -0.2) is 0 Å². The third-order valence-corrected chi connectivity index (χ3v) is 4.29. The summed E-state index contributed by atoms with van der Waals surface area (Å²) in [5.41, 5.74) is 0.752. The Kier molecular flexibility index (Phi) is 4.05. The molecule has 0 aromatic carbocycles. The number of rotatable bonds is 4. The van der Waals surface area contributed by atoms with Gasteiger partial charge in [-0.05, 0) is 12.8 Å².